The smallest absolute Gasteiger partial charge is 0.217 e. The molecule has 1 atom stereocenters. The van der Waals surface area contributed by atoms with Crippen LogP contribution in [0.3, 0.4) is 0 Å². The molecule has 6 nitrogen and oxygen atoms in total. The molecule has 0 heterocycles. The topological polar surface area (TPSA) is 106 Å². The highest BCUT2D eigenvalue weighted by Crippen LogP contribution is 1.88. The van der Waals surface area contributed by atoms with Crippen molar-refractivity contribution in [1.29, 1.82) is 0 Å². The number of primary sulfonamides is 1. The molecule has 7 heteroatoms. The number of hydrogen-bond donors (Lipinski definition) is 2. The van der Waals surface area contributed by atoms with Crippen LogP contribution in [0.15, 0.2) is 0 Å². The van der Waals surface area contributed by atoms with Crippen LogP contribution in [0, 0.1) is 0 Å². The molecule has 0 radical (unpaired) electrons. The van der Waals surface area contributed by atoms with Crippen molar-refractivity contribution in [3.05, 3.63) is 0 Å². The highest BCUT2D eigenvalue weighted by atomic mass is 32.2. The Morgan fingerprint density at radius 3 is 2.23 bits per heavy atom. The van der Waals surface area contributed by atoms with E-state index < -0.39 is 33.5 Å². The molecular weight excluding hydrogens is 196 g/mol. The molecule has 0 saturated heterocycles. The fraction of sp³-hybridized carbons (Fsp3) is 0.667. The monoisotopic (exact) mass is 208 g/mol. The van der Waals surface area contributed by atoms with Crippen LogP contribution in [0.1, 0.15) is 13.8 Å². The van der Waals surface area contributed by atoms with Crippen molar-refractivity contribution < 1.29 is 18.0 Å². The van der Waals surface area contributed by atoms with Crippen molar-refractivity contribution in [2.45, 2.75) is 19.9 Å². The molecule has 1 amide bonds. The van der Waals surface area contributed by atoms with E-state index in [2.05, 4.69) is 10.5 Å². The number of carbonyl (C=O) groups is 2. The number of carbonyl (C=O) groups excluding carboxylic acids is 2. The van der Waals surface area contributed by atoms with Crippen LogP contribution in [0.4, 0.5) is 0 Å². The van der Waals surface area contributed by atoms with Gasteiger partial charge in [0.15, 0.2) is 5.78 Å². The van der Waals surface area contributed by atoms with Crippen molar-refractivity contribution in [3.63, 3.8) is 0 Å². The fourth-order valence-corrected chi connectivity index (χ4v) is 1.36. The molecule has 0 aliphatic rings. The molecule has 0 rings (SSSR count). The summed E-state index contributed by atoms with van der Waals surface area (Å²) in [6.45, 7) is 2.63. The van der Waals surface area contributed by atoms with Crippen LogP contribution in [0.25, 0.3) is 0 Å². The van der Waals surface area contributed by atoms with E-state index in [0.29, 0.717) is 0 Å². The van der Waals surface area contributed by atoms with E-state index in [0.717, 1.165) is 0 Å². The molecule has 13 heavy (non-hydrogen) atoms. The minimum Gasteiger partial charge on any atom is -0.347 e. The molecule has 0 aromatic carbocycles. The summed E-state index contributed by atoms with van der Waals surface area (Å²) in [5.41, 5.74) is 0. The molecule has 0 fully saturated rings. The summed E-state index contributed by atoms with van der Waals surface area (Å²) in [5, 5.41) is 6.90. The summed E-state index contributed by atoms with van der Waals surface area (Å²) in [5.74, 6) is -1.78. The predicted octanol–water partition coefficient (Wildman–Crippen LogP) is -1.63. The van der Waals surface area contributed by atoms with Crippen LogP contribution in [0.5, 0.6) is 0 Å². The second-order valence-electron chi connectivity index (χ2n) is 2.70. The Labute approximate surface area is 76.5 Å². The van der Waals surface area contributed by atoms with Gasteiger partial charge in [-0.25, -0.2) is 13.6 Å². The first kappa shape index (κ1) is 12.0. The standard InChI is InChI=1S/C6H12N2O4S/c1-4(8-5(2)9)6(10)3-13(7,11)12/h4H,3H2,1-2H3,(H,8,9)(H2,7,11,12)/t4-/m0/s1. The zero-order valence-corrected chi connectivity index (χ0v) is 8.22. The molecule has 0 bridgehead atoms. The third kappa shape index (κ3) is 6.23. The molecular formula is C6H12N2O4S. The number of hydrogen-bond acceptors (Lipinski definition) is 4. The molecule has 0 unspecified atom stereocenters. The molecule has 0 aliphatic heterocycles. The van der Waals surface area contributed by atoms with E-state index >= 15 is 0 Å². The molecule has 0 spiro atoms. The van der Waals surface area contributed by atoms with E-state index in [1.54, 1.807) is 0 Å². The highest BCUT2D eigenvalue weighted by molar-refractivity contribution is 7.89. The lowest BCUT2D eigenvalue weighted by atomic mass is 10.2. The van der Waals surface area contributed by atoms with E-state index in [4.69, 9.17) is 0 Å². The maximum Gasteiger partial charge on any atom is 0.217 e. The Kier molecular flexibility index (Phi) is 4.02. The SMILES string of the molecule is CC(=O)N[C@@H](C)C(=O)CS(N)(=O)=O. The first-order chi connectivity index (χ1) is 5.72. The summed E-state index contributed by atoms with van der Waals surface area (Å²) in [4.78, 5) is 21.5. The number of sulfonamides is 1. The lowest BCUT2D eigenvalue weighted by molar-refractivity contribution is -0.125. The third-order valence-electron chi connectivity index (χ3n) is 1.25. The summed E-state index contributed by atoms with van der Waals surface area (Å²) < 4.78 is 21.0. The van der Waals surface area contributed by atoms with Crippen LogP contribution in [0.2, 0.25) is 0 Å². The molecule has 0 saturated carbocycles. The molecule has 0 aromatic heterocycles. The average molecular weight is 208 g/mol. The summed E-state index contributed by atoms with van der Waals surface area (Å²) in [6, 6.07) is -0.823. The summed E-state index contributed by atoms with van der Waals surface area (Å²) in [7, 11) is -3.81. The minimum atomic E-state index is -3.81. The number of nitrogens with two attached hydrogens (primary N) is 1. The van der Waals surface area contributed by atoms with Gasteiger partial charge in [-0.3, -0.25) is 9.59 Å². The Balaban J connectivity index is 4.21. The molecule has 3 N–H and O–H groups in total. The number of ketones is 1. The van der Waals surface area contributed by atoms with Gasteiger partial charge in [-0.2, -0.15) is 0 Å². The summed E-state index contributed by atoms with van der Waals surface area (Å²) >= 11 is 0. The average Bonchev–Trinajstić information content (AvgIpc) is 1.81. The third-order valence-corrected chi connectivity index (χ3v) is 1.93. The minimum absolute atomic E-state index is 0.393. The van der Waals surface area contributed by atoms with Crippen LogP contribution in [-0.2, 0) is 19.6 Å². The van der Waals surface area contributed by atoms with Gasteiger partial charge in [0.05, 0.1) is 6.04 Å². The maximum absolute atomic E-state index is 11.0. The van der Waals surface area contributed by atoms with Gasteiger partial charge >= 0.3 is 0 Å². The van der Waals surface area contributed by atoms with Crippen LogP contribution >= 0.6 is 0 Å². The largest absolute Gasteiger partial charge is 0.347 e. The van der Waals surface area contributed by atoms with Gasteiger partial charge in [0.25, 0.3) is 0 Å². The van der Waals surface area contributed by atoms with Gasteiger partial charge in [-0.05, 0) is 6.92 Å². The zero-order chi connectivity index (χ0) is 10.6. The van der Waals surface area contributed by atoms with Gasteiger partial charge in [0.1, 0.15) is 5.75 Å². The van der Waals surface area contributed by atoms with Crippen molar-refractivity contribution >= 4 is 21.7 Å². The molecule has 0 aliphatic carbocycles. The van der Waals surface area contributed by atoms with E-state index in [9.17, 15) is 18.0 Å². The number of rotatable bonds is 4. The highest BCUT2D eigenvalue weighted by Gasteiger charge is 2.18. The van der Waals surface area contributed by atoms with Gasteiger partial charge in [-0.15, -0.1) is 0 Å². The van der Waals surface area contributed by atoms with Gasteiger partial charge in [-0.1, -0.05) is 0 Å². The van der Waals surface area contributed by atoms with E-state index in [1.807, 2.05) is 0 Å². The second-order valence-corrected chi connectivity index (χ2v) is 4.31. The number of Topliss-reactive ketones (excluding diaryl/α,β-unsaturated/α-hetero) is 1. The van der Waals surface area contributed by atoms with Crippen molar-refractivity contribution in [1.82, 2.24) is 5.32 Å². The lowest BCUT2D eigenvalue weighted by Gasteiger charge is -2.09. The van der Waals surface area contributed by atoms with Gasteiger partial charge in [0.2, 0.25) is 15.9 Å². The Morgan fingerprint density at radius 1 is 1.46 bits per heavy atom. The van der Waals surface area contributed by atoms with Crippen molar-refractivity contribution in [3.8, 4) is 0 Å². The lowest BCUT2D eigenvalue weighted by Crippen LogP contribution is -2.41. The van der Waals surface area contributed by atoms with E-state index in [-0.39, 0.29) is 0 Å². The number of nitrogens with one attached hydrogen (secondary N) is 1. The van der Waals surface area contributed by atoms with Crippen LogP contribution < -0.4 is 10.5 Å². The Hall–Kier alpha value is -0.950. The normalized spacial score (nSPS) is 13.5. The van der Waals surface area contributed by atoms with Crippen molar-refractivity contribution in [2.75, 3.05) is 5.75 Å². The Bertz CT molecular complexity index is 309. The molecule has 0 aromatic rings. The van der Waals surface area contributed by atoms with E-state index in [1.165, 1.54) is 13.8 Å². The predicted molar refractivity (Wildman–Crippen MR) is 46.3 cm³/mol. The van der Waals surface area contributed by atoms with Gasteiger partial charge < -0.3 is 5.32 Å². The second kappa shape index (κ2) is 4.33. The molecule has 76 valence electrons. The maximum atomic E-state index is 11.0. The van der Waals surface area contributed by atoms with Crippen LogP contribution in [-0.4, -0.2) is 31.9 Å². The quantitative estimate of drug-likeness (QED) is 0.578. The zero-order valence-electron chi connectivity index (χ0n) is 7.40. The Morgan fingerprint density at radius 2 is 1.92 bits per heavy atom. The first-order valence-electron chi connectivity index (χ1n) is 3.52. The summed E-state index contributed by atoms with van der Waals surface area (Å²) in [6.07, 6.45) is 0. The van der Waals surface area contributed by atoms with Crippen molar-refractivity contribution in [2.24, 2.45) is 5.14 Å². The fourth-order valence-electron chi connectivity index (χ4n) is 0.709. The van der Waals surface area contributed by atoms with Gasteiger partial charge in [0, 0.05) is 6.92 Å². The first-order valence-corrected chi connectivity index (χ1v) is 5.24. The number of amides is 1.